The second kappa shape index (κ2) is 5.82. The van der Waals surface area contributed by atoms with E-state index in [-0.39, 0.29) is 23.5 Å². The minimum atomic E-state index is -3.46. The number of hydrogen-bond acceptors (Lipinski definition) is 3. The van der Waals surface area contributed by atoms with Gasteiger partial charge in [0.05, 0.1) is 4.90 Å². The zero-order valence-corrected chi connectivity index (χ0v) is 11.9. The number of hydrogen-bond donors (Lipinski definition) is 2. The van der Waals surface area contributed by atoms with Crippen LogP contribution in [-0.4, -0.2) is 26.7 Å². The summed E-state index contributed by atoms with van der Waals surface area (Å²) in [5, 5.41) is 8.62. The van der Waals surface area contributed by atoms with Crippen molar-refractivity contribution in [3.05, 3.63) is 29.8 Å². The van der Waals surface area contributed by atoms with Gasteiger partial charge in [0, 0.05) is 13.2 Å². The van der Waals surface area contributed by atoms with Crippen molar-refractivity contribution < 1.29 is 13.5 Å². The molecule has 1 aromatic carbocycles. The van der Waals surface area contributed by atoms with Gasteiger partial charge in [-0.1, -0.05) is 32.9 Å². The third kappa shape index (κ3) is 4.08. The van der Waals surface area contributed by atoms with Crippen molar-refractivity contribution in [3.8, 4) is 0 Å². The van der Waals surface area contributed by atoms with Gasteiger partial charge in [-0.2, -0.15) is 0 Å². The number of sulfonamides is 1. The fraction of sp³-hybridized carbons (Fsp3) is 0.538. The molecule has 0 aromatic heterocycles. The predicted molar refractivity (Wildman–Crippen MR) is 72.0 cm³/mol. The first kappa shape index (κ1) is 15.1. The molecule has 0 atom stereocenters. The van der Waals surface area contributed by atoms with Gasteiger partial charge in [-0.15, -0.1) is 0 Å². The lowest BCUT2D eigenvalue weighted by Crippen LogP contribution is -2.25. The zero-order chi connectivity index (χ0) is 13.8. The molecule has 0 heterocycles. The molecule has 0 unspecified atom stereocenters. The monoisotopic (exact) mass is 271 g/mol. The maximum atomic E-state index is 11.9. The highest BCUT2D eigenvalue weighted by Crippen LogP contribution is 2.23. The first-order valence-electron chi connectivity index (χ1n) is 5.98. The van der Waals surface area contributed by atoms with Gasteiger partial charge in [-0.25, -0.2) is 13.1 Å². The molecule has 0 spiro atoms. The van der Waals surface area contributed by atoms with Crippen LogP contribution in [0.5, 0.6) is 0 Å². The van der Waals surface area contributed by atoms with E-state index in [0.29, 0.717) is 6.42 Å². The standard InChI is InChI=1S/C13H21NO3S/c1-13(2,3)11-5-7-12(8-6-11)18(16,17)14-9-4-10-15/h5-8,14-15H,4,9-10H2,1-3H3. The van der Waals surface area contributed by atoms with Gasteiger partial charge in [0.2, 0.25) is 10.0 Å². The minimum Gasteiger partial charge on any atom is -0.396 e. The largest absolute Gasteiger partial charge is 0.396 e. The Kier molecular flexibility index (Phi) is 4.90. The van der Waals surface area contributed by atoms with Crippen LogP contribution in [0.4, 0.5) is 0 Å². The van der Waals surface area contributed by atoms with Crippen LogP contribution < -0.4 is 4.72 Å². The molecule has 0 amide bonds. The molecule has 0 fully saturated rings. The highest BCUT2D eigenvalue weighted by atomic mass is 32.2. The summed E-state index contributed by atoms with van der Waals surface area (Å²) in [4.78, 5) is 0.258. The smallest absolute Gasteiger partial charge is 0.240 e. The minimum absolute atomic E-state index is 0.00656. The molecule has 1 aromatic rings. The molecule has 0 radical (unpaired) electrons. The maximum Gasteiger partial charge on any atom is 0.240 e. The molecule has 0 bridgehead atoms. The molecule has 0 saturated heterocycles. The molecule has 0 saturated carbocycles. The van der Waals surface area contributed by atoms with Crippen molar-refractivity contribution in [2.45, 2.75) is 37.5 Å². The quantitative estimate of drug-likeness (QED) is 0.800. The van der Waals surface area contributed by atoms with Gasteiger partial charge >= 0.3 is 0 Å². The van der Waals surface area contributed by atoms with E-state index in [4.69, 9.17) is 5.11 Å². The normalized spacial score (nSPS) is 12.7. The average Bonchev–Trinajstić information content (AvgIpc) is 2.28. The molecule has 0 aliphatic heterocycles. The molecule has 5 heteroatoms. The van der Waals surface area contributed by atoms with E-state index in [1.54, 1.807) is 12.1 Å². The molecule has 2 N–H and O–H groups in total. The third-order valence-electron chi connectivity index (χ3n) is 2.66. The van der Waals surface area contributed by atoms with Crippen molar-refractivity contribution in [2.75, 3.05) is 13.2 Å². The van der Waals surface area contributed by atoms with Crippen LogP contribution in [0.3, 0.4) is 0 Å². The number of nitrogens with one attached hydrogen (secondary N) is 1. The van der Waals surface area contributed by atoms with E-state index < -0.39 is 10.0 Å². The molecule has 18 heavy (non-hydrogen) atoms. The van der Waals surface area contributed by atoms with Gasteiger partial charge in [0.15, 0.2) is 0 Å². The van der Waals surface area contributed by atoms with E-state index >= 15 is 0 Å². The van der Waals surface area contributed by atoms with Crippen LogP contribution in [0.25, 0.3) is 0 Å². The highest BCUT2D eigenvalue weighted by molar-refractivity contribution is 7.89. The SMILES string of the molecule is CC(C)(C)c1ccc(S(=O)(=O)NCCCO)cc1. The lowest BCUT2D eigenvalue weighted by atomic mass is 9.87. The third-order valence-corrected chi connectivity index (χ3v) is 4.13. The van der Waals surface area contributed by atoms with Crippen LogP contribution in [0.15, 0.2) is 29.2 Å². The van der Waals surface area contributed by atoms with Crippen LogP contribution in [0, 0.1) is 0 Å². The van der Waals surface area contributed by atoms with Gasteiger partial charge in [0.25, 0.3) is 0 Å². The summed E-state index contributed by atoms with van der Waals surface area (Å²) in [5.74, 6) is 0. The molecule has 4 nitrogen and oxygen atoms in total. The first-order chi connectivity index (χ1) is 8.27. The van der Waals surface area contributed by atoms with E-state index in [9.17, 15) is 8.42 Å². The van der Waals surface area contributed by atoms with Crippen LogP contribution in [0.2, 0.25) is 0 Å². The van der Waals surface area contributed by atoms with Crippen molar-refractivity contribution in [2.24, 2.45) is 0 Å². The zero-order valence-electron chi connectivity index (χ0n) is 11.1. The molecule has 1 rings (SSSR count). The Balaban J connectivity index is 2.85. The Bertz CT molecular complexity index is 472. The molecule has 0 aliphatic rings. The van der Waals surface area contributed by atoms with E-state index in [1.165, 1.54) is 0 Å². The average molecular weight is 271 g/mol. The summed E-state index contributed by atoms with van der Waals surface area (Å²) in [6.07, 6.45) is 0.416. The fourth-order valence-electron chi connectivity index (χ4n) is 1.50. The topological polar surface area (TPSA) is 66.4 Å². The molecule has 0 aliphatic carbocycles. The van der Waals surface area contributed by atoms with Gasteiger partial charge < -0.3 is 5.11 Å². The van der Waals surface area contributed by atoms with Crippen molar-refractivity contribution in [1.82, 2.24) is 4.72 Å². The van der Waals surface area contributed by atoms with Crippen molar-refractivity contribution >= 4 is 10.0 Å². The fourth-order valence-corrected chi connectivity index (χ4v) is 2.58. The summed E-state index contributed by atoms with van der Waals surface area (Å²) >= 11 is 0. The Labute approximate surface area is 109 Å². The molecular weight excluding hydrogens is 250 g/mol. The first-order valence-corrected chi connectivity index (χ1v) is 7.47. The number of rotatable bonds is 5. The summed E-state index contributed by atoms with van der Waals surface area (Å²) in [6.45, 7) is 6.47. The van der Waals surface area contributed by atoms with Crippen molar-refractivity contribution in [1.29, 1.82) is 0 Å². The second-order valence-corrected chi connectivity index (χ2v) is 7.02. The Hall–Kier alpha value is -0.910. The second-order valence-electron chi connectivity index (χ2n) is 5.25. The maximum absolute atomic E-state index is 11.9. The van der Waals surface area contributed by atoms with Gasteiger partial charge in [0.1, 0.15) is 0 Å². The predicted octanol–water partition coefficient (Wildman–Crippen LogP) is 1.64. The van der Waals surface area contributed by atoms with Gasteiger partial charge in [-0.05, 0) is 29.5 Å². The summed E-state index contributed by atoms with van der Waals surface area (Å²) in [6, 6.07) is 6.89. The molecular formula is C13H21NO3S. The van der Waals surface area contributed by atoms with Crippen molar-refractivity contribution in [3.63, 3.8) is 0 Å². The summed E-state index contributed by atoms with van der Waals surface area (Å²) < 4.78 is 26.2. The van der Waals surface area contributed by atoms with E-state index in [0.717, 1.165) is 5.56 Å². The molecule has 102 valence electrons. The Morgan fingerprint density at radius 3 is 2.17 bits per heavy atom. The summed E-state index contributed by atoms with van der Waals surface area (Å²) in [5.41, 5.74) is 1.10. The van der Waals surface area contributed by atoms with E-state index in [2.05, 4.69) is 25.5 Å². The number of benzene rings is 1. The number of aliphatic hydroxyl groups is 1. The Morgan fingerprint density at radius 1 is 1.17 bits per heavy atom. The highest BCUT2D eigenvalue weighted by Gasteiger charge is 2.16. The lowest BCUT2D eigenvalue weighted by Gasteiger charge is -2.19. The van der Waals surface area contributed by atoms with Crippen LogP contribution in [-0.2, 0) is 15.4 Å². The number of aliphatic hydroxyl groups excluding tert-OH is 1. The van der Waals surface area contributed by atoms with E-state index in [1.807, 2.05) is 12.1 Å². The van der Waals surface area contributed by atoms with Crippen LogP contribution >= 0.6 is 0 Å². The Morgan fingerprint density at radius 2 is 1.72 bits per heavy atom. The summed E-state index contributed by atoms with van der Waals surface area (Å²) in [7, 11) is -3.46. The lowest BCUT2D eigenvalue weighted by molar-refractivity contribution is 0.289. The van der Waals surface area contributed by atoms with Gasteiger partial charge in [-0.3, -0.25) is 0 Å². The van der Waals surface area contributed by atoms with Crippen LogP contribution in [0.1, 0.15) is 32.8 Å².